The highest BCUT2D eigenvalue weighted by molar-refractivity contribution is 5.90. The minimum absolute atomic E-state index is 0.440. The fourth-order valence-electron chi connectivity index (χ4n) is 3.38. The molecule has 0 bridgehead atoms. The zero-order chi connectivity index (χ0) is 15.7. The highest BCUT2D eigenvalue weighted by Gasteiger charge is 2.25. The zero-order valence-corrected chi connectivity index (χ0v) is 13.1. The Balaban J connectivity index is 2.32. The molecule has 1 aliphatic carbocycles. The van der Waals surface area contributed by atoms with E-state index in [4.69, 9.17) is 11.6 Å². The fraction of sp³-hybridized carbons (Fsp3) is 0.263. The molecule has 1 atom stereocenters. The summed E-state index contributed by atoms with van der Waals surface area (Å²) in [5, 5.41) is 0. The van der Waals surface area contributed by atoms with Gasteiger partial charge >= 0.3 is 0 Å². The van der Waals surface area contributed by atoms with Crippen molar-refractivity contribution in [1.29, 1.82) is 0 Å². The second-order valence-corrected chi connectivity index (χ2v) is 6.23. The monoisotopic (exact) mass is 293 g/mol. The van der Waals surface area contributed by atoms with Gasteiger partial charge in [-0.05, 0) is 29.4 Å². The Bertz CT molecular complexity index is 716. The molecule has 1 unspecified atom stereocenters. The molecular weight excluding hydrogens is 270 g/mol. The van der Waals surface area contributed by atoms with E-state index in [0.717, 1.165) is 28.9 Å². The highest BCUT2D eigenvalue weighted by Crippen LogP contribution is 2.38. The summed E-state index contributed by atoms with van der Waals surface area (Å²) < 4.78 is 0. The molecule has 0 heterocycles. The number of nitrogens with two attached hydrogens (primary N) is 2. The molecule has 1 aliphatic rings. The third-order valence-electron chi connectivity index (χ3n) is 4.60. The third kappa shape index (κ3) is 2.38. The SMILES string of the molecule is CC(C)C1Cc2ccccc2/C(NN)=C(/N)c2ccccc21. The van der Waals surface area contributed by atoms with Crippen LogP contribution in [0.5, 0.6) is 0 Å². The number of hydrogen-bond donors (Lipinski definition) is 3. The fourth-order valence-corrected chi connectivity index (χ4v) is 3.38. The molecule has 5 N–H and O–H groups in total. The first-order valence-corrected chi connectivity index (χ1v) is 7.77. The second-order valence-electron chi connectivity index (χ2n) is 6.23. The Hall–Kier alpha value is -2.26. The van der Waals surface area contributed by atoms with Crippen molar-refractivity contribution in [1.82, 2.24) is 5.43 Å². The normalized spacial score (nSPS) is 20.8. The quantitative estimate of drug-likeness (QED) is 0.588. The molecule has 0 aromatic heterocycles. The van der Waals surface area contributed by atoms with Crippen LogP contribution in [0.15, 0.2) is 48.5 Å². The first-order chi connectivity index (χ1) is 10.6. The average molecular weight is 293 g/mol. The first-order valence-electron chi connectivity index (χ1n) is 7.77. The van der Waals surface area contributed by atoms with Crippen molar-refractivity contribution in [2.24, 2.45) is 17.5 Å². The number of fused-ring (bicyclic) bond motifs is 2. The summed E-state index contributed by atoms with van der Waals surface area (Å²) in [6.07, 6.45) is 0.989. The number of nitrogens with one attached hydrogen (secondary N) is 1. The summed E-state index contributed by atoms with van der Waals surface area (Å²) in [5.74, 6) is 6.77. The predicted octanol–water partition coefficient (Wildman–Crippen LogP) is 3.23. The number of benzene rings is 2. The summed E-state index contributed by atoms with van der Waals surface area (Å²) in [6, 6.07) is 16.8. The Labute approximate surface area is 132 Å². The molecule has 0 saturated carbocycles. The van der Waals surface area contributed by atoms with E-state index in [0.29, 0.717) is 11.8 Å². The van der Waals surface area contributed by atoms with E-state index in [9.17, 15) is 0 Å². The summed E-state index contributed by atoms with van der Waals surface area (Å²) in [5.41, 5.74) is 15.6. The lowest BCUT2D eigenvalue weighted by atomic mass is 9.77. The summed E-state index contributed by atoms with van der Waals surface area (Å²) in [6.45, 7) is 4.54. The molecule has 3 heteroatoms. The molecule has 0 saturated heterocycles. The van der Waals surface area contributed by atoms with E-state index in [2.05, 4.69) is 55.7 Å². The molecule has 0 fully saturated rings. The van der Waals surface area contributed by atoms with Crippen LogP contribution in [0.4, 0.5) is 0 Å². The minimum Gasteiger partial charge on any atom is -0.397 e. The standard InChI is InChI=1S/C19H23N3/c1-12(2)17-11-13-7-3-4-8-14(13)19(22-21)18(20)16-10-6-5-9-15(16)17/h3-10,12,17,22H,11,20-21H2,1-2H3/b19-18-. The van der Waals surface area contributed by atoms with Crippen LogP contribution < -0.4 is 17.0 Å². The van der Waals surface area contributed by atoms with Crippen molar-refractivity contribution < 1.29 is 0 Å². The van der Waals surface area contributed by atoms with Crippen molar-refractivity contribution in [3.63, 3.8) is 0 Å². The lowest BCUT2D eigenvalue weighted by Crippen LogP contribution is -2.26. The van der Waals surface area contributed by atoms with E-state index in [1.807, 2.05) is 12.1 Å². The van der Waals surface area contributed by atoms with Gasteiger partial charge in [0.15, 0.2) is 0 Å². The first kappa shape index (κ1) is 14.7. The van der Waals surface area contributed by atoms with Crippen molar-refractivity contribution in [2.75, 3.05) is 0 Å². The van der Waals surface area contributed by atoms with E-state index >= 15 is 0 Å². The van der Waals surface area contributed by atoms with Crippen LogP contribution in [-0.4, -0.2) is 0 Å². The van der Waals surface area contributed by atoms with Crippen molar-refractivity contribution in [2.45, 2.75) is 26.2 Å². The van der Waals surface area contributed by atoms with E-state index in [1.165, 1.54) is 11.1 Å². The molecule has 0 aliphatic heterocycles. The smallest absolute Gasteiger partial charge is 0.0798 e. The molecule has 0 amide bonds. The summed E-state index contributed by atoms with van der Waals surface area (Å²) in [7, 11) is 0. The average Bonchev–Trinajstić information content (AvgIpc) is 2.53. The van der Waals surface area contributed by atoms with Crippen molar-refractivity contribution in [3.05, 3.63) is 70.8 Å². The Morgan fingerprint density at radius 2 is 1.64 bits per heavy atom. The number of hydrogen-bond acceptors (Lipinski definition) is 3. The number of rotatable bonds is 2. The Morgan fingerprint density at radius 1 is 1.00 bits per heavy atom. The number of hydrazine groups is 1. The molecule has 0 radical (unpaired) electrons. The molecule has 2 aromatic rings. The Morgan fingerprint density at radius 3 is 2.32 bits per heavy atom. The summed E-state index contributed by atoms with van der Waals surface area (Å²) in [4.78, 5) is 0. The van der Waals surface area contributed by atoms with Crippen LogP contribution in [0.2, 0.25) is 0 Å². The Kier molecular flexibility index (Phi) is 3.90. The van der Waals surface area contributed by atoms with Crippen LogP contribution >= 0.6 is 0 Å². The maximum absolute atomic E-state index is 6.48. The lowest BCUT2D eigenvalue weighted by Gasteiger charge is -2.29. The van der Waals surface area contributed by atoms with Gasteiger partial charge in [-0.15, -0.1) is 0 Å². The van der Waals surface area contributed by atoms with Crippen LogP contribution in [0.1, 0.15) is 42.0 Å². The van der Waals surface area contributed by atoms with Crippen LogP contribution in [-0.2, 0) is 6.42 Å². The van der Waals surface area contributed by atoms with Gasteiger partial charge in [0.05, 0.1) is 11.4 Å². The van der Waals surface area contributed by atoms with Gasteiger partial charge < -0.3 is 11.2 Å². The largest absolute Gasteiger partial charge is 0.397 e. The molecule has 2 aromatic carbocycles. The van der Waals surface area contributed by atoms with Gasteiger partial charge in [0.1, 0.15) is 0 Å². The van der Waals surface area contributed by atoms with Crippen LogP contribution in [0, 0.1) is 5.92 Å². The molecular formula is C19H23N3. The molecule has 114 valence electrons. The van der Waals surface area contributed by atoms with E-state index < -0.39 is 0 Å². The molecule has 3 rings (SSSR count). The predicted molar refractivity (Wildman–Crippen MR) is 92.5 cm³/mol. The van der Waals surface area contributed by atoms with Gasteiger partial charge in [-0.3, -0.25) is 5.84 Å². The van der Waals surface area contributed by atoms with E-state index in [-0.39, 0.29) is 0 Å². The topological polar surface area (TPSA) is 64.1 Å². The molecule has 0 spiro atoms. The van der Waals surface area contributed by atoms with Crippen molar-refractivity contribution in [3.8, 4) is 0 Å². The van der Waals surface area contributed by atoms with Gasteiger partial charge in [0.2, 0.25) is 0 Å². The third-order valence-corrected chi connectivity index (χ3v) is 4.60. The second kappa shape index (κ2) is 5.85. The molecule has 22 heavy (non-hydrogen) atoms. The maximum Gasteiger partial charge on any atom is 0.0798 e. The van der Waals surface area contributed by atoms with Crippen molar-refractivity contribution >= 4 is 11.4 Å². The van der Waals surface area contributed by atoms with Gasteiger partial charge in [0.25, 0.3) is 0 Å². The van der Waals surface area contributed by atoms with Gasteiger partial charge in [0, 0.05) is 11.1 Å². The minimum atomic E-state index is 0.440. The van der Waals surface area contributed by atoms with Gasteiger partial charge in [-0.2, -0.15) is 0 Å². The van der Waals surface area contributed by atoms with E-state index in [1.54, 1.807) is 0 Å². The van der Waals surface area contributed by atoms with Crippen LogP contribution in [0.3, 0.4) is 0 Å². The zero-order valence-electron chi connectivity index (χ0n) is 13.1. The van der Waals surface area contributed by atoms with Gasteiger partial charge in [-0.25, -0.2) is 0 Å². The maximum atomic E-state index is 6.48. The van der Waals surface area contributed by atoms with Gasteiger partial charge in [-0.1, -0.05) is 62.4 Å². The van der Waals surface area contributed by atoms with Crippen LogP contribution in [0.25, 0.3) is 11.4 Å². The molecule has 3 nitrogen and oxygen atoms in total. The highest BCUT2D eigenvalue weighted by atomic mass is 15.2. The lowest BCUT2D eigenvalue weighted by molar-refractivity contribution is 0.493. The summed E-state index contributed by atoms with van der Waals surface area (Å²) >= 11 is 0.